The van der Waals surface area contributed by atoms with Crippen LogP contribution in [-0.4, -0.2) is 63.1 Å². The van der Waals surface area contributed by atoms with E-state index in [1.54, 1.807) is 10.8 Å². The van der Waals surface area contributed by atoms with Crippen LogP contribution in [0.25, 0.3) is 22.1 Å². The molecule has 2 N–H and O–H groups in total. The van der Waals surface area contributed by atoms with Crippen molar-refractivity contribution in [1.29, 1.82) is 0 Å². The maximum Gasteiger partial charge on any atom is 0.233 e. The van der Waals surface area contributed by atoms with Crippen LogP contribution in [0.5, 0.6) is 0 Å². The molecule has 1 aliphatic carbocycles. The Balaban J connectivity index is 1.41. The Labute approximate surface area is 189 Å². The molecule has 10 heteroatoms. The quantitative estimate of drug-likeness (QED) is 0.570. The Morgan fingerprint density at radius 3 is 2.94 bits per heavy atom. The topological polar surface area (TPSA) is 88.0 Å². The molecule has 1 saturated heterocycles. The molecular formula is C22H26FN7OS. The standard InChI is InChI=1S/C22H26FN7OS/c1-3-18-14-5-4-6-17(25-16-9-10-29(2)12-15(16)23)20(14)28-30(18)22-27-26-19(32-22)11-24-21(31)13-7-8-13/h3-6,13,15-16,25H,1,7-12H2,2H3,(H,24,31)/t15-,16+/m0/s1. The van der Waals surface area contributed by atoms with Gasteiger partial charge in [-0.2, -0.15) is 5.10 Å². The van der Waals surface area contributed by atoms with Crippen LogP contribution >= 0.6 is 11.3 Å². The Kier molecular flexibility index (Phi) is 5.64. The molecule has 168 valence electrons. The summed E-state index contributed by atoms with van der Waals surface area (Å²) in [5.41, 5.74) is 2.34. The second kappa shape index (κ2) is 8.59. The molecule has 1 amide bonds. The van der Waals surface area contributed by atoms with E-state index in [1.165, 1.54) is 11.3 Å². The summed E-state index contributed by atoms with van der Waals surface area (Å²) < 4.78 is 16.3. The Morgan fingerprint density at radius 1 is 1.34 bits per heavy atom. The normalized spacial score (nSPS) is 21.6. The predicted molar refractivity (Wildman–Crippen MR) is 124 cm³/mol. The summed E-state index contributed by atoms with van der Waals surface area (Å²) in [6, 6.07) is 5.58. The lowest BCUT2D eigenvalue weighted by atomic mass is 10.0. The summed E-state index contributed by atoms with van der Waals surface area (Å²) in [6.45, 7) is 5.58. The number of nitrogens with one attached hydrogen (secondary N) is 2. The number of rotatable bonds is 7. The van der Waals surface area contributed by atoms with Crippen molar-refractivity contribution >= 4 is 39.9 Å². The molecule has 2 atom stereocenters. The average Bonchev–Trinajstić information content (AvgIpc) is 3.41. The number of fused-ring (bicyclic) bond motifs is 1. The highest BCUT2D eigenvalue weighted by molar-refractivity contribution is 7.13. The van der Waals surface area contributed by atoms with Crippen LogP contribution in [0.2, 0.25) is 0 Å². The fourth-order valence-corrected chi connectivity index (χ4v) is 4.80. The molecule has 5 rings (SSSR count). The molecule has 1 aromatic carbocycles. The summed E-state index contributed by atoms with van der Waals surface area (Å²) in [4.78, 5) is 13.9. The van der Waals surface area contributed by atoms with Crippen molar-refractivity contribution < 1.29 is 9.18 Å². The number of aromatic nitrogens is 4. The number of anilines is 1. The lowest BCUT2D eigenvalue weighted by Gasteiger charge is -2.33. The summed E-state index contributed by atoms with van der Waals surface area (Å²) in [7, 11) is 1.94. The van der Waals surface area contributed by atoms with Crippen LogP contribution < -0.4 is 10.6 Å². The lowest BCUT2D eigenvalue weighted by Crippen LogP contribution is -2.46. The molecule has 8 nitrogen and oxygen atoms in total. The first-order valence-electron chi connectivity index (χ1n) is 10.9. The van der Waals surface area contributed by atoms with Gasteiger partial charge in [0.1, 0.15) is 16.7 Å². The van der Waals surface area contributed by atoms with E-state index < -0.39 is 6.17 Å². The maximum absolute atomic E-state index is 14.6. The van der Waals surface area contributed by atoms with Crippen LogP contribution in [0.1, 0.15) is 30.0 Å². The van der Waals surface area contributed by atoms with Crippen molar-refractivity contribution in [1.82, 2.24) is 30.2 Å². The molecule has 3 heterocycles. The van der Waals surface area contributed by atoms with Gasteiger partial charge in [0.05, 0.1) is 24.0 Å². The smallest absolute Gasteiger partial charge is 0.233 e. The molecule has 0 unspecified atom stereocenters. The number of carbonyl (C=O) groups is 1. The minimum atomic E-state index is -0.943. The fourth-order valence-electron chi connectivity index (χ4n) is 4.06. The van der Waals surface area contributed by atoms with E-state index in [4.69, 9.17) is 5.10 Å². The number of amides is 1. The van der Waals surface area contributed by atoms with Crippen molar-refractivity contribution in [3.05, 3.63) is 35.5 Å². The van der Waals surface area contributed by atoms with Crippen LogP contribution in [0.3, 0.4) is 0 Å². The first-order valence-corrected chi connectivity index (χ1v) is 11.7. The van der Waals surface area contributed by atoms with E-state index in [0.717, 1.165) is 48.1 Å². The molecule has 2 aliphatic rings. The molecular weight excluding hydrogens is 429 g/mol. The van der Waals surface area contributed by atoms with Gasteiger partial charge < -0.3 is 15.5 Å². The molecule has 3 aromatic rings. The minimum absolute atomic E-state index is 0.0779. The van der Waals surface area contributed by atoms with Gasteiger partial charge in [-0.3, -0.25) is 4.79 Å². The van der Waals surface area contributed by atoms with Gasteiger partial charge in [0, 0.05) is 24.4 Å². The zero-order valence-electron chi connectivity index (χ0n) is 17.9. The third-order valence-electron chi connectivity index (χ3n) is 6.02. The van der Waals surface area contributed by atoms with Gasteiger partial charge in [-0.15, -0.1) is 10.2 Å². The first kappa shape index (κ1) is 21.0. The zero-order valence-corrected chi connectivity index (χ0v) is 18.7. The number of piperidine rings is 1. The van der Waals surface area contributed by atoms with E-state index in [1.807, 2.05) is 30.1 Å². The Bertz CT molecular complexity index is 1150. The Morgan fingerprint density at radius 2 is 2.19 bits per heavy atom. The van der Waals surface area contributed by atoms with E-state index in [0.29, 0.717) is 23.2 Å². The Hall–Kier alpha value is -2.85. The summed E-state index contributed by atoms with van der Waals surface area (Å²) >= 11 is 1.38. The number of alkyl halides is 1. The maximum atomic E-state index is 14.6. The third-order valence-corrected chi connectivity index (χ3v) is 6.92. The van der Waals surface area contributed by atoms with Crippen LogP contribution in [0.15, 0.2) is 24.8 Å². The second-order valence-electron chi connectivity index (χ2n) is 8.49. The summed E-state index contributed by atoms with van der Waals surface area (Å²) in [5.74, 6) is 0.236. The molecule has 1 saturated carbocycles. The van der Waals surface area contributed by atoms with Crippen molar-refractivity contribution in [2.45, 2.75) is 38.0 Å². The van der Waals surface area contributed by atoms with Gasteiger partial charge in [0.25, 0.3) is 0 Å². The van der Waals surface area contributed by atoms with E-state index in [2.05, 4.69) is 27.4 Å². The fraction of sp³-hybridized carbons (Fsp3) is 0.455. The molecule has 32 heavy (non-hydrogen) atoms. The monoisotopic (exact) mass is 455 g/mol. The van der Waals surface area contributed by atoms with Crippen molar-refractivity contribution in [3.63, 3.8) is 0 Å². The molecule has 0 radical (unpaired) electrons. The largest absolute Gasteiger partial charge is 0.377 e. The highest BCUT2D eigenvalue weighted by atomic mass is 32.1. The molecule has 2 fully saturated rings. The highest BCUT2D eigenvalue weighted by Gasteiger charge is 2.30. The van der Waals surface area contributed by atoms with Crippen molar-refractivity contribution in [2.24, 2.45) is 5.92 Å². The van der Waals surface area contributed by atoms with Crippen molar-refractivity contribution in [2.75, 3.05) is 25.5 Å². The second-order valence-corrected chi connectivity index (χ2v) is 9.53. The number of likely N-dealkylation sites (tertiary alicyclic amines) is 1. The number of carbonyl (C=O) groups excluding carboxylic acids is 1. The van der Waals surface area contributed by atoms with Crippen LogP contribution in [-0.2, 0) is 11.3 Å². The van der Waals surface area contributed by atoms with Gasteiger partial charge in [-0.1, -0.05) is 30.0 Å². The molecule has 1 aliphatic heterocycles. The van der Waals surface area contributed by atoms with E-state index in [-0.39, 0.29) is 17.9 Å². The third kappa shape index (κ3) is 4.12. The SMILES string of the molecule is C=Cc1c2cccc(N[C@@H]3CCN(C)C[C@@H]3F)c2nn1-c1nnc(CNC(=O)C2CC2)s1. The van der Waals surface area contributed by atoms with E-state index >= 15 is 0 Å². The van der Waals surface area contributed by atoms with Crippen LogP contribution in [0.4, 0.5) is 10.1 Å². The van der Waals surface area contributed by atoms with Gasteiger partial charge in [-0.25, -0.2) is 9.07 Å². The van der Waals surface area contributed by atoms with Gasteiger partial charge in [-0.05, 0) is 38.5 Å². The molecule has 0 spiro atoms. The molecule has 0 bridgehead atoms. The lowest BCUT2D eigenvalue weighted by molar-refractivity contribution is -0.122. The number of hydrogen-bond donors (Lipinski definition) is 2. The van der Waals surface area contributed by atoms with Gasteiger partial charge >= 0.3 is 0 Å². The number of nitrogens with zero attached hydrogens (tertiary/aromatic N) is 5. The molecule has 2 aromatic heterocycles. The predicted octanol–water partition coefficient (Wildman–Crippen LogP) is 3.00. The van der Waals surface area contributed by atoms with Crippen molar-refractivity contribution in [3.8, 4) is 5.13 Å². The number of benzene rings is 1. The van der Waals surface area contributed by atoms with Gasteiger partial charge in [0.2, 0.25) is 11.0 Å². The number of hydrogen-bond acceptors (Lipinski definition) is 7. The number of halogens is 1. The van der Waals surface area contributed by atoms with E-state index in [9.17, 15) is 9.18 Å². The minimum Gasteiger partial charge on any atom is -0.377 e. The summed E-state index contributed by atoms with van der Waals surface area (Å²) in [6.07, 6.45) is 3.46. The zero-order chi connectivity index (χ0) is 22.2. The highest BCUT2D eigenvalue weighted by Crippen LogP contribution is 2.31. The average molecular weight is 456 g/mol. The van der Waals surface area contributed by atoms with Crippen LogP contribution in [0, 0.1) is 5.92 Å². The van der Waals surface area contributed by atoms with Gasteiger partial charge in [0.15, 0.2) is 0 Å². The summed E-state index contributed by atoms with van der Waals surface area (Å²) in [5, 5.41) is 21.8. The first-order chi connectivity index (χ1) is 15.5.